The molecule has 1 aromatic rings. The van der Waals surface area contributed by atoms with Gasteiger partial charge in [0.1, 0.15) is 0 Å². The van der Waals surface area contributed by atoms with Gasteiger partial charge in [0, 0.05) is 32.7 Å². The second-order valence-corrected chi connectivity index (χ2v) is 5.73. The highest BCUT2D eigenvalue weighted by Crippen LogP contribution is 2.29. The van der Waals surface area contributed by atoms with E-state index in [1.165, 1.54) is 18.5 Å². The van der Waals surface area contributed by atoms with Gasteiger partial charge in [0.15, 0.2) is 0 Å². The molecule has 1 amide bonds. The van der Waals surface area contributed by atoms with E-state index in [2.05, 4.69) is 9.55 Å². The molecule has 1 unspecified atom stereocenters. The van der Waals surface area contributed by atoms with Gasteiger partial charge in [-0.05, 0) is 18.8 Å². The SMILES string of the molecule is CC(=O)N1Cc2ncn(C)c2CC1COCC1CC1. The normalized spacial score (nSPS) is 22.4. The fraction of sp³-hybridized carbons (Fsp3) is 0.714. The molecule has 2 aliphatic rings. The Morgan fingerprint density at radius 1 is 1.47 bits per heavy atom. The molecule has 104 valence electrons. The third-order valence-corrected chi connectivity index (χ3v) is 4.10. The first-order valence-corrected chi connectivity index (χ1v) is 6.99. The summed E-state index contributed by atoms with van der Waals surface area (Å²) in [4.78, 5) is 18.0. The van der Waals surface area contributed by atoms with E-state index >= 15 is 0 Å². The minimum atomic E-state index is 0.108. The molecule has 1 fully saturated rings. The zero-order chi connectivity index (χ0) is 13.4. The molecule has 0 saturated heterocycles. The van der Waals surface area contributed by atoms with Gasteiger partial charge in [-0.3, -0.25) is 4.79 Å². The zero-order valence-corrected chi connectivity index (χ0v) is 11.6. The van der Waals surface area contributed by atoms with Gasteiger partial charge in [0.25, 0.3) is 0 Å². The molecular weight excluding hydrogens is 242 g/mol. The van der Waals surface area contributed by atoms with Gasteiger partial charge < -0.3 is 14.2 Å². The van der Waals surface area contributed by atoms with Crippen molar-refractivity contribution >= 4 is 5.91 Å². The fourth-order valence-electron chi connectivity index (χ4n) is 2.69. The summed E-state index contributed by atoms with van der Waals surface area (Å²) in [6.07, 6.45) is 5.27. The molecular formula is C14H21N3O2. The van der Waals surface area contributed by atoms with Crippen molar-refractivity contribution in [1.29, 1.82) is 0 Å². The molecule has 1 saturated carbocycles. The Morgan fingerprint density at radius 3 is 2.95 bits per heavy atom. The van der Waals surface area contributed by atoms with E-state index in [1.54, 1.807) is 6.92 Å². The quantitative estimate of drug-likeness (QED) is 0.818. The van der Waals surface area contributed by atoms with Gasteiger partial charge in [-0.1, -0.05) is 0 Å². The molecule has 0 N–H and O–H groups in total. The number of fused-ring (bicyclic) bond motifs is 1. The minimum absolute atomic E-state index is 0.108. The fourth-order valence-corrected chi connectivity index (χ4v) is 2.69. The number of nitrogens with zero attached hydrogens (tertiary/aromatic N) is 3. The molecule has 5 nitrogen and oxygen atoms in total. The number of aromatic nitrogens is 2. The van der Waals surface area contributed by atoms with E-state index in [0.717, 1.165) is 24.6 Å². The minimum Gasteiger partial charge on any atom is -0.379 e. The molecule has 2 heterocycles. The van der Waals surface area contributed by atoms with Crippen molar-refractivity contribution in [3.63, 3.8) is 0 Å². The van der Waals surface area contributed by atoms with Crippen LogP contribution in [0.2, 0.25) is 0 Å². The topological polar surface area (TPSA) is 47.4 Å². The maximum atomic E-state index is 11.8. The number of carbonyl (C=O) groups excluding carboxylic acids is 1. The van der Waals surface area contributed by atoms with E-state index in [1.807, 2.05) is 18.3 Å². The van der Waals surface area contributed by atoms with Crippen LogP contribution in [0.1, 0.15) is 31.2 Å². The smallest absolute Gasteiger partial charge is 0.220 e. The summed E-state index contributed by atoms with van der Waals surface area (Å²) in [5, 5.41) is 0. The Bertz CT molecular complexity index is 479. The number of hydrogen-bond donors (Lipinski definition) is 0. The van der Waals surface area contributed by atoms with Crippen LogP contribution in [0, 0.1) is 5.92 Å². The number of rotatable bonds is 4. The van der Waals surface area contributed by atoms with Crippen molar-refractivity contribution in [3.05, 3.63) is 17.7 Å². The van der Waals surface area contributed by atoms with Gasteiger partial charge in [0.05, 0.1) is 31.2 Å². The molecule has 0 radical (unpaired) electrons. The number of carbonyl (C=O) groups is 1. The Morgan fingerprint density at radius 2 is 2.26 bits per heavy atom. The molecule has 1 atom stereocenters. The Labute approximate surface area is 113 Å². The molecule has 1 aromatic heterocycles. The monoisotopic (exact) mass is 263 g/mol. The third kappa shape index (κ3) is 2.66. The first kappa shape index (κ1) is 12.7. The molecule has 0 spiro atoms. The first-order valence-electron chi connectivity index (χ1n) is 6.99. The number of ether oxygens (including phenoxy) is 1. The highest BCUT2D eigenvalue weighted by atomic mass is 16.5. The maximum Gasteiger partial charge on any atom is 0.220 e. The zero-order valence-electron chi connectivity index (χ0n) is 11.6. The first-order chi connectivity index (χ1) is 9.15. The van der Waals surface area contributed by atoms with Gasteiger partial charge in [-0.15, -0.1) is 0 Å². The van der Waals surface area contributed by atoms with Crippen LogP contribution in [-0.2, 0) is 29.5 Å². The van der Waals surface area contributed by atoms with Gasteiger partial charge in [-0.2, -0.15) is 0 Å². The lowest BCUT2D eigenvalue weighted by atomic mass is 10.0. The van der Waals surface area contributed by atoms with Crippen LogP contribution in [0.3, 0.4) is 0 Å². The predicted octanol–water partition coefficient (Wildman–Crippen LogP) is 1.12. The van der Waals surface area contributed by atoms with Crippen molar-refractivity contribution in [1.82, 2.24) is 14.5 Å². The van der Waals surface area contributed by atoms with E-state index in [0.29, 0.717) is 13.2 Å². The van der Waals surface area contributed by atoms with Crippen LogP contribution in [0.15, 0.2) is 6.33 Å². The van der Waals surface area contributed by atoms with Crippen LogP contribution in [0.25, 0.3) is 0 Å². The number of amides is 1. The lowest BCUT2D eigenvalue weighted by Gasteiger charge is -2.34. The number of imidazole rings is 1. The van der Waals surface area contributed by atoms with E-state index in [-0.39, 0.29) is 11.9 Å². The summed E-state index contributed by atoms with van der Waals surface area (Å²) >= 11 is 0. The van der Waals surface area contributed by atoms with Crippen molar-refractivity contribution in [2.24, 2.45) is 13.0 Å². The summed E-state index contributed by atoms with van der Waals surface area (Å²) in [6.45, 7) is 3.73. The largest absolute Gasteiger partial charge is 0.379 e. The van der Waals surface area contributed by atoms with Gasteiger partial charge in [0.2, 0.25) is 5.91 Å². The summed E-state index contributed by atoms with van der Waals surface area (Å²) < 4.78 is 7.84. The van der Waals surface area contributed by atoms with E-state index < -0.39 is 0 Å². The van der Waals surface area contributed by atoms with E-state index in [4.69, 9.17) is 4.74 Å². The van der Waals surface area contributed by atoms with Gasteiger partial charge in [-0.25, -0.2) is 4.98 Å². The van der Waals surface area contributed by atoms with E-state index in [9.17, 15) is 4.79 Å². The second-order valence-electron chi connectivity index (χ2n) is 5.73. The van der Waals surface area contributed by atoms with Crippen molar-refractivity contribution in [2.45, 2.75) is 38.8 Å². The lowest BCUT2D eigenvalue weighted by molar-refractivity contribution is -0.134. The number of aryl methyl sites for hydroxylation is 1. The average Bonchev–Trinajstić information content (AvgIpc) is 3.13. The van der Waals surface area contributed by atoms with Crippen molar-refractivity contribution in [3.8, 4) is 0 Å². The van der Waals surface area contributed by atoms with Crippen LogP contribution in [0.4, 0.5) is 0 Å². The van der Waals surface area contributed by atoms with Gasteiger partial charge >= 0.3 is 0 Å². The predicted molar refractivity (Wildman–Crippen MR) is 70.5 cm³/mol. The third-order valence-electron chi connectivity index (χ3n) is 4.10. The molecule has 0 bridgehead atoms. The van der Waals surface area contributed by atoms with Crippen molar-refractivity contribution in [2.75, 3.05) is 13.2 Å². The molecule has 3 rings (SSSR count). The summed E-state index contributed by atoms with van der Waals surface area (Å²) in [6, 6.07) is 0.152. The molecule has 19 heavy (non-hydrogen) atoms. The standard InChI is InChI=1S/C14H21N3O2/c1-10(18)17-6-13-14(16(2)9-15-13)5-12(17)8-19-7-11-3-4-11/h9,11-12H,3-8H2,1-2H3. The molecule has 1 aliphatic heterocycles. The number of hydrogen-bond acceptors (Lipinski definition) is 3. The summed E-state index contributed by atoms with van der Waals surface area (Å²) in [5.41, 5.74) is 2.26. The van der Waals surface area contributed by atoms with Crippen LogP contribution in [-0.4, -0.2) is 39.6 Å². The highest BCUT2D eigenvalue weighted by Gasteiger charge is 2.31. The van der Waals surface area contributed by atoms with Crippen LogP contribution >= 0.6 is 0 Å². The molecule has 5 heteroatoms. The lowest BCUT2D eigenvalue weighted by Crippen LogP contribution is -2.46. The van der Waals surface area contributed by atoms with Crippen LogP contribution in [0.5, 0.6) is 0 Å². The van der Waals surface area contributed by atoms with Crippen molar-refractivity contribution < 1.29 is 9.53 Å². The molecule has 1 aliphatic carbocycles. The second kappa shape index (κ2) is 4.96. The molecule has 0 aromatic carbocycles. The highest BCUT2D eigenvalue weighted by molar-refractivity contribution is 5.74. The summed E-state index contributed by atoms with van der Waals surface area (Å²) in [7, 11) is 2.01. The van der Waals surface area contributed by atoms with Crippen LogP contribution < -0.4 is 0 Å². The summed E-state index contributed by atoms with van der Waals surface area (Å²) in [5.74, 6) is 0.873. The average molecular weight is 263 g/mol. The Balaban J connectivity index is 1.68. The Kier molecular flexibility index (Phi) is 3.31. The maximum absolute atomic E-state index is 11.8. The Hall–Kier alpha value is -1.36.